The van der Waals surface area contributed by atoms with Crippen molar-refractivity contribution < 1.29 is 27.6 Å². The zero-order valence-corrected chi connectivity index (χ0v) is 26.4. The van der Waals surface area contributed by atoms with Gasteiger partial charge in [-0.2, -0.15) is 0 Å². The third-order valence-electron chi connectivity index (χ3n) is 8.80. The molecule has 3 aliphatic rings. The van der Waals surface area contributed by atoms with Crippen LogP contribution < -0.4 is 5.32 Å². The van der Waals surface area contributed by atoms with E-state index in [1.165, 1.54) is 21.9 Å². The number of sulfone groups is 1. The van der Waals surface area contributed by atoms with Gasteiger partial charge in [-0.15, -0.1) is 0 Å². The number of rotatable bonds is 11. The Kier molecular flexibility index (Phi) is 8.94. The van der Waals surface area contributed by atoms with Gasteiger partial charge in [-0.05, 0) is 68.4 Å². The molecule has 1 aliphatic heterocycles. The Bertz CT molecular complexity index is 1540. The molecule has 0 spiro atoms. The van der Waals surface area contributed by atoms with E-state index in [9.17, 15) is 27.6 Å². The second kappa shape index (κ2) is 12.2. The zero-order valence-electron chi connectivity index (χ0n) is 24.1. The third kappa shape index (κ3) is 6.19. The minimum atomic E-state index is -4.03. The molecule has 5 rings (SSSR count). The number of halogens is 2. The molecule has 43 heavy (non-hydrogen) atoms. The second-order valence-electron chi connectivity index (χ2n) is 11.8. The molecule has 0 aromatic heterocycles. The van der Waals surface area contributed by atoms with Gasteiger partial charge < -0.3 is 15.1 Å². The van der Waals surface area contributed by atoms with Crippen molar-refractivity contribution in [2.75, 3.05) is 13.6 Å². The normalized spacial score (nSPS) is 21.6. The van der Waals surface area contributed by atoms with Gasteiger partial charge in [0.1, 0.15) is 6.04 Å². The summed E-state index contributed by atoms with van der Waals surface area (Å²) in [5.74, 6) is -2.40. The van der Waals surface area contributed by atoms with E-state index >= 15 is 0 Å². The molecule has 2 aromatic rings. The number of amides is 3. The van der Waals surface area contributed by atoms with E-state index in [-0.39, 0.29) is 41.3 Å². The van der Waals surface area contributed by atoms with Crippen LogP contribution in [0.5, 0.6) is 0 Å². The van der Waals surface area contributed by atoms with Gasteiger partial charge in [0.05, 0.1) is 26.6 Å². The molecule has 3 fully saturated rings. The van der Waals surface area contributed by atoms with Crippen LogP contribution in [0.25, 0.3) is 0 Å². The molecule has 2 aromatic carbocycles. The van der Waals surface area contributed by atoms with Crippen LogP contribution in [-0.2, 0) is 34.4 Å². The van der Waals surface area contributed by atoms with Gasteiger partial charge in [-0.3, -0.25) is 19.2 Å². The van der Waals surface area contributed by atoms with Gasteiger partial charge >= 0.3 is 0 Å². The maximum absolute atomic E-state index is 14.2. The van der Waals surface area contributed by atoms with Gasteiger partial charge in [0.25, 0.3) is 5.91 Å². The van der Waals surface area contributed by atoms with E-state index in [0.717, 1.165) is 18.4 Å². The second-order valence-corrected chi connectivity index (χ2v) is 14.8. The fraction of sp³-hybridized carbons (Fsp3) is 0.484. The van der Waals surface area contributed by atoms with Gasteiger partial charge in [0.15, 0.2) is 9.84 Å². The highest BCUT2D eigenvalue weighted by atomic mass is 35.5. The molecule has 1 heterocycles. The van der Waals surface area contributed by atoms with Crippen molar-refractivity contribution in [2.45, 2.75) is 85.6 Å². The largest absolute Gasteiger partial charge is 0.344 e. The molecular weight excluding hydrogens is 613 g/mol. The highest BCUT2D eigenvalue weighted by molar-refractivity contribution is 7.92. The summed E-state index contributed by atoms with van der Waals surface area (Å²) in [6, 6.07) is 10.8. The van der Waals surface area contributed by atoms with Crippen molar-refractivity contribution >= 4 is 56.5 Å². The lowest BCUT2D eigenvalue weighted by Gasteiger charge is -2.30. The lowest BCUT2D eigenvalue weighted by atomic mass is 9.94. The number of ketones is 1. The van der Waals surface area contributed by atoms with Crippen molar-refractivity contribution in [3.8, 4) is 0 Å². The zero-order chi connectivity index (χ0) is 31.1. The monoisotopic (exact) mass is 647 g/mol. The molecule has 1 unspecified atom stereocenters. The van der Waals surface area contributed by atoms with Crippen LogP contribution in [0.3, 0.4) is 0 Å². The summed E-state index contributed by atoms with van der Waals surface area (Å²) in [5, 5.41) is 2.19. The van der Waals surface area contributed by atoms with Crippen molar-refractivity contribution in [2.24, 2.45) is 0 Å². The van der Waals surface area contributed by atoms with E-state index in [1.807, 2.05) is 6.92 Å². The lowest BCUT2D eigenvalue weighted by Crippen LogP contribution is -2.54. The molecule has 2 aliphatic carbocycles. The molecule has 9 nitrogen and oxygen atoms in total. The van der Waals surface area contributed by atoms with Crippen LogP contribution in [0.4, 0.5) is 0 Å². The number of carbonyl (C=O) groups is 4. The van der Waals surface area contributed by atoms with E-state index in [1.54, 1.807) is 43.4 Å². The van der Waals surface area contributed by atoms with Crippen LogP contribution >= 0.6 is 23.2 Å². The maximum atomic E-state index is 14.2. The predicted octanol–water partition coefficient (Wildman–Crippen LogP) is 3.94. The first-order valence-electron chi connectivity index (χ1n) is 14.6. The van der Waals surface area contributed by atoms with E-state index in [2.05, 4.69) is 5.32 Å². The summed E-state index contributed by atoms with van der Waals surface area (Å²) >= 11 is 12.3. The fourth-order valence-electron chi connectivity index (χ4n) is 5.92. The van der Waals surface area contributed by atoms with Crippen LogP contribution in [0, 0.1) is 0 Å². The minimum absolute atomic E-state index is 0.0238. The summed E-state index contributed by atoms with van der Waals surface area (Å²) in [7, 11) is -2.45. The smallest absolute Gasteiger partial charge is 0.292 e. The lowest BCUT2D eigenvalue weighted by molar-refractivity contribution is -0.146. The molecule has 12 heteroatoms. The van der Waals surface area contributed by atoms with Crippen LogP contribution in [-0.4, -0.2) is 78.7 Å². The fourth-order valence-corrected chi connectivity index (χ4v) is 8.27. The molecule has 0 radical (unpaired) electrons. The first-order valence-corrected chi connectivity index (χ1v) is 16.9. The Morgan fingerprint density at radius 3 is 2.28 bits per heavy atom. The number of nitrogens with one attached hydrogen (secondary N) is 1. The van der Waals surface area contributed by atoms with Gasteiger partial charge in [-0.1, -0.05) is 60.8 Å². The molecule has 1 N–H and O–H groups in total. The maximum Gasteiger partial charge on any atom is 0.292 e. The van der Waals surface area contributed by atoms with E-state index in [4.69, 9.17) is 23.2 Å². The first kappa shape index (κ1) is 31.5. The van der Waals surface area contributed by atoms with Gasteiger partial charge in [0, 0.05) is 24.7 Å². The summed E-state index contributed by atoms with van der Waals surface area (Å²) in [4.78, 5) is 56.8. The number of carbonyl (C=O) groups excluding carboxylic acids is 4. The quantitative estimate of drug-likeness (QED) is 0.369. The molecule has 230 valence electrons. The van der Waals surface area contributed by atoms with E-state index < -0.39 is 50.2 Å². The number of likely N-dealkylation sites (tertiary alicyclic amines) is 1. The molecule has 3 atom stereocenters. The number of Topliss-reactive ketones (excluding diaryl/α,β-unsaturated/α-hetero) is 1. The number of benzene rings is 2. The van der Waals surface area contributed by atoms with Crippen molar-refractivity contribution in [1.82, 2.24) is 15.1 Å². The number of nitrogens with zero attached hydrogens (tertiary/aromatic N) is 2. The number of hydrogen-bond acceptors (Lipinski definition) is 6. The van der Waals surface area contributed by atoms with Crippen LogP contribution in [0.15, 0.2) is 53.4 Å². The molecule has 2 saturated carbocycles. The van der Waals surface area contributed by atoms with Crippen molar-refractivity contribution in [3.63, 3.8) is 0 Å². The topological polar surface area (TPSA) is 121 Å². The molecule has 0 bridgehead atoms. The Balaban J connectivity index is 1.44. The Labute approximate surface area is 261 Å². The number of likely N-dealkylation sites (N-methyl/N-ethyl adjacent to an activating group) is 1. The summed E-state index contributed by atoms with van der Waals surface area (Å²) in [5.41, 5.74) is -0.153. The highest BCUT2D eigenvalue weighted by Crippen LogP contribution is 2.51. The SMILES string of the molecule is CCCC(NC(=O)[C@@H]1C[C@@H](S(=O)(=O)c2ccccc2Cl)CN1C(=O)C1(c2ccc(Cl)cc2)CC1)C(=O)C(=O)N(C)C1CC1. The standard InChI is InChI=1S/C31H35Cl2N3O6S/c1-3-6-24(27(37)29(39)35(2)21-13-14-21)34-28(38)25-17-22(43(41,42)26-8-5-4-7-23(26)33)18-36(25)30(40)31(15-16-31)19-9-11-20(32)12-10-19/h4-5,7-12,21-22,24-25H,3,6,13-18H2,1-2H3,(H,34,38)/t22-,24?,25+/m1/s1. The molecule has 1 saturated heterocycles. The third-order valence-corrected chi connectivity index (χ3v) is 11.7. The average molecular weight is 649 g/mol. The van der Waals surface area contributed by atoms with Gasteiger partial charge in [0.2, 0.25) is 17.6 Å². The Morgan fingerprint density at radius 2 is 1.70 bits per heavy atom. The summed E-state index contributed by atoms with van der Waals surface area (Å²) in [6.07, 6.45) is 3.31. The van der Waals surface area contributed by atoms with Crippen molar-refractivity contribution in [1.29, 1.82) is 0 Å². The first-order chi connectivity index (χ1) is 20.4. The number of hydrogen-bond donors (Lipinski definition) is 1. The average Bonchev–Trinajstić information content (AvgIpc) is 3.93. The summed E-state index contributed by atoms with van der Waals surface area (Å²) in [6.45, 7) is 1.62. The molecule has 3 amide bonds. The Hall–Kier alpha value is -2.95. The minimum Gasteiger partial charge on any atom is -0.344 e. The van der Waals surface area contributed by atoms with Crippen LogP contribution in [0.1, 0.15) is 57.4 Å². The van der Waals surface area contributed by atoms with Crippen LogP contribution in [0.2, 0.25) is 10.0 Å². The summed E-state index contributed by atoms with van der Waals surface area (Å²) < 4.78 is 27.5. The van der Waals surface area contributed by atoms with Crippen molar-refractivity contribution in [3.05, 3.63) is 64.1 Å². The molecular formula is C31H35Cl2N3O6S. The highest BCUT2D eigenvalue weighted by Gasteiger charge is 2.57. The van der Waals surface area contributed by atoms with E-state index in [0.29, 0.717) is 24.3 Å². The predicted molar refractivity (Wildman–Crippen MR) is 163 cm³/mol. The Morgan fingerprint density at radius 1 is 1.05 bits per heavy atom. The van der Waals surface area contributed by atoms with Gasteiger partial charge in [-0.25, -0.2) is 8.42 Å².